The first kappa shape index (κ1) is 26.0. The summed E-state index contributed by atoms with van der Waals surface area (Å²) < 4.78 is 1.90. The van der Waals surface area contributed by atoms with Crippen LogP contribution in [0.2, 0.25) is 5.02 Å². The van der Waals surface area contributed by atoms with Crippen LogP contribution in [0.4, 0.5) is 11.4 Å². The third kappa shape index (κ3) is 6.59. The number of rotatable bonds is 9. The molecule has 8 nitrogen and oxygen atoms in total. The van der Waals surface area contributed by atoms with E-state index in [0.717, 1.165) is 24.3 Å². The highest BCUT2D eigenvalue weighted by Crippen LogP contribution is 2.31. The van der Waals surface area contributed by atoms with Gasteiger partial charge in [-0.05, 0) is 63.4 Å². The Hall–Kier alpha value is -3.04. The number of amides is 2. The molecule has 1 aromatic heterocycles. The molecule has 2 heterocycles. The lowest BCUT2D eigenvalue weighted by Crippen LogP contribution is -2.29. The van der Waals surface area contributed by atoms with Crippen molar-refractivity contribution in [3.63, 3.8) is 0 Å². The summed E-state index contributed by atoms with van der Waals surface area (Å²) in [4.78, 5) is 27.3. The zero-order valence-corrected chi connectivity index (χ0v) is 22.2. The third-order valence-corrected chi connectivity index (χ3v) is 7.33. The van der Waals surface area contributed by atoms with E-state index in [1.165, 1.54) is 31.0 Å². The van der Waals surface area contributed by atoms with Crippen molar-refractivity contribution in [3.8, 4) is 0 Å². The van der Waals surface area contributed by atoms with Crippen LogP contribution in [0.3, 0.4) is 0 Å². The monoisotopic (exact) mass is 526 g/mol. The Bertz CT molecular complexity index is 1220. The predicted molar refractivity (Wildman–Crippen MR) is 145 cm³/mol. The molecule has 2 amide bonds. The van der Waals surface area contributed by atoms with Crippen LogP contribution in [0.15, 0.2) is 47.6 Å². The summed E-state index contributed by atoms with van der Waals surface area (Å²) in [6.07, 6.45) is 3.61. The summed E-state index contributed by atoms with van der Waals surface area (Å²) in [6.45, 7) is 6.83. The number of hydrogen-bond acceptors (Lipinski definition) is 6. The van der Waals surface area contributed by atoms with Crippen LogP contribution in [0.1, 0.15) is 47.9 Å². The lowest BCUT2D eigenvalue weighted by atomic mass is 10.1. The fourth-order valence-corrected chi connectivity index (χ4v) is 5.35. The summed E-state index contributed by atoms with van der Waals surface area (Å²) >= 11 is 7.82. The standard InChI is InChI=1S/C26H31ClN6O2S/c1-3-33-23(16-28-25(35)19-9-7-8-18(2)14-19)30-31-26(33)36-17-24(34)29-20-10-11-22(21(27)15-20)32-12-5-4-6-13-32/h7-11,14-15H,3-6,12-13,16-17H2,1-2H3,(H,28,35)(H,29,34). The molecule has 0 unspecified atom stereocenters. The summed E-state index contributed by atoms with van der Waals surface area (Å²) in [6, 6.07) is 13.1. The Balaban J connectivity index is 1.31. The average Bonchev–Trinajstić information content (AvgIpc) is 3.28. The summed E-state index contributed by atoms with van der Waals surface area (Å²) in [5.74, 6) is 0.505. The summed E-state index contributed by atoms with van der Waals surface area (Å²) in [7, 11) is 0. The van der Waals surface area contributed by atoms with Gasteiger partial charge in [0.25, 0.3) is 5.91 Å². The van der Waals surface area contributed by atoms with Crippen molar-refractivity contribution in [1.82, 2.24) is 20.1 Å². The van der Waals surface area contributed by atoms with Crippen molar-refractivity contribution >= 4 is 46.6 Å². The molecule has 0 saturated carbocycles. The van der Waals surface area contributed by atoms with Gasteiger partial charge in [-0.3, -0.25) is 9.59 Å². The molecule has 190 valence electrons. The van der Waals surface area contributed by atoms with Gasteiger partial charge in [-0.15, -0.1) is 10.2 Å². The Kier molecular flexibility index (Phi) is 8.88. The van der Waals surface area contributed by atoms with Gasteiger partial charge in [0.2, 0.25) is 5.91 Å². The van der Waals surface area contributed by atoms with Crippen molar-refractivity contribution in [1.29, 1.82) is 0 Å². The van der Waals surface area contributed by atoms with Crippen molar-refractivity contribution in [2.45, 2.75) is 51.4 Å². The van der Waals surface area contributed by atoms with E-state index in [4.69, 9.17) is 11.6 Å². The lowest BCUT2D eigenvalue weighted by Gasteiger charge is -2.29. The maximum absolute atomic E-state index is 12.6. The molecular formula is C26H31ClN6O2S. The number of nitrogens with zero attached hydrogens (tertiary/aromatic N) is 4. The number of carbonyl (C=O) groups is 2. The molecule has 0 radical (unpaired) electrons. The molecule has 1 aliphatic heterocycles. The van der Waals surface area contributed by atoms with Crippen molar-refractivity contribution in [3.05, 3.63) is 64.4 Å². The molecule has 0 aliphatic carbocycles. The molecular weight excluding hydrogens is 496 g/mol. The second-order valence-corrected chi connectivity index (χ2v) is 10.1. The van der Waals surface area contributed by atoms with Gasteiger partial charge in [-0.1, -0.05) is 41.1 Å². The van der Waals surface area contributed by atoms with Crippen molar-refractivity contribution in [2.24, 2.45) is 0 Å². The van der Waals surface area contributed by atoms with Crippen LogP contribution in [-0.4, -0.2) is 45.4 Å². The minimum Gasteiger partial charge on any atom is -0.370 e. The maximum atomic E-state index is 12.6. The maximum Gasteiger partial charge on any atom is 0.251 e. The van der Waals surface area contributed by atoms with Gasteiger partial charge < -0.3 is 20.1 Å². The second-order valence-electron chi connectivity index (χ2n) is 8.75. The number of piperidine rings is 1. The van der Waals surface area contributed by atoms with E-state index in [1.807, 2.05) is 48.7 Å². The van der Waals surface area contributed by atoms with Crippen LogP contribution >= 0.6 is 23.4 Å². The molecule has 0 atom stereocenters. The summed E-state index contributed by atoms with van der Waals surface area (Å²) in [5, 5.41) is 15.5. The fourth-order valence-electron chi connectivity index (χ4n) is 4.22. The number of nitrogens with one attached hydrogen (secondary N) is 2. The smallest absolute Gasteiger partial charge is 0.251 e. The lowest BCUT2D eigenvalue weighted by molar-refractivity contribution is -0.113. The molecule has 0 spiro atoms. The fraction of sp³-hybridized carbons (Fsp3) is 0.385. The van der Waals surface area contributed by atoms with Gasteiger partial charge in [-0.2, -0.15) is 0 Å². The first-order valence-corrected chi connectivity index (χ1v) is 13.5. The number of thioether (sulfide) groups is 1. The largest absolute Gasteiger partial charge is 0.370 e. The highest BCUT2D eigenvalue weighted by atomic mass is 35.5. The van der Waals surface area contributed by atoms with E-state index in [2.05, 4.69) is 25.7 Å². The molecule has 10 heteroatoms. The van der Waals surface area contributed by atoms with Crippen molar-refractivity contribution in [2.75, 3.05) is 29.1 Å². The van der Waals surface area contributed by atoms with E-state index in [1.54, 1.807) is 12.1 Å². The van der Waals surface area contributed by atoms with Gasteiger partial charge in [-0.25, -0.2) is 0 Å². The highest BCUT2D eigenvalue weighted by Gasteiger charge is 2.17. The molecule has 1 fully saturated rings. The zero-order chi connectivity index (χ0) is 25.5. The quantitative estimate of drug-likeness (QED) is 0.385. The molecule has 1 aliphatic rings. The molecule has 2 aromatic carbocycles. The Labute approximate surface area is 220 Å². The van der Waals surface area contributed by atoms with Crippen LogP contribution < -0.4 is 15.5 Å². The SMILES string of the molecule is CCn1c(CNC(=O)c2cccc(C)c2)nnc1SCC(=O)Nc1ccc(N2CCCCC2)c(Cl)c1. The van der Waals surface area contributed by atoms with Crippen LogP contribution in [0, 0.1) is 6.92 Å². The number of halogens is 1. The Morgan fingerprint density at radius 3 is 2.61 bits per heavy atom. The van der Waals surface area contributed by atoms with Gasteiger partial charge in [0, 0.05) is 30.9 Å². The predicted octanol–water partition coefficient (Wildman–Crippen LogP) is 4.91. The average molecular weight is 527 g/mol. The molecule has 36 heavy (non-hydrogen) atoms. The van der Waals surface area contributed by atoms with E-state index >= 15 is 0 Å². The number of benzene rings is 2. The molecule has 1 saturated heterocycles. The van der Waals surface area contributed by atoms with Crippen molar-refractivity contribution < 1.29 is 9.59 Å². The third-order valence-electron chi connectivity index (χ3n) is 6.06. The van der Waals surface area contributed by atoms with E-state index in [0.29, 0.717) is 33.8 Å². The number of hydrogen-bond donors (Lipinski definition) is 2. The molecule has 4 rings (SSSR count). The van der Waals surface area contributed by atoms with E-state index < -0.39 is 0 Å². The normalized spacial score (nSPS) is 13.5. The summed E-state index contributed by atoms with van der Waals surface area (Å²) in [5.41, 5.74) is 3.31. The molecule has 2 N–H and O–H groups in total. The number of aryl methyl sites for hydroxylation is 1. The Morgan fingerprint density at radius 2 is 1.89 bits per heavy atom. The first-order valence-electron chi connectivity index (χ1n) is 12.2. The molecule has 0 bridgehead atoms. The molecule has 3 aromatic rings. The number of carbonyl (C=O) groups excluding carboxylic acids is 2. The van der Waals surface area contributed by atoms with Gasteiger partial charge in [0.05, 0.1) is 23.0 Å². The van der Waals surface area contributed by atoms with Gasteiger partial charge in [0.1, 0.15) is 0 Å². The van der Waals surface area contributed by atoms with E-state index in [9.17, 15) is 9.59 Å². The number of anilines is 2. The van der Waals surface area contributed by atoms with Gasteiger partial charge >= 0.3 is 0 Å². The number of aromatic nitrogens is 3. The van der Waals surface area contributed by atoms with Gasteiger partial charge in [0.15, 0.2) is 11.0 Å². The second kappa shape index (κ2) is 12.3. The van der Waals surface area contributed by atoms with Crippen LogP contribution in [-0.2, 0) is 17.9 Å². The minimum atomic E-state index is -0.164. The topological polar surface area (TPSA) is 92.1 Å². The highest BCUT2D eigenvalue weighted by molar-refractivity contribution is 7.99. The Morgan fingerprint density at radius 1 is 1.08 bits per heavy atom. The van der Waals surface area contributed by atoms with Crippen LogP contribution in [0.25, 0.3) is 0 Å². The van der Waals surface area contributed by atoms with Crippen LogP contribution in [0.5, 0.6) is 0 Å². The zero-order valence-electron chi connectivity index (χ0n) is 20.6. The first-order chi connectivity index (χ1) is 17.4. The van der Waals surface area contributed by atoms with E-state index in [-0.39, 0.29) is 24.1 Å². The minimum absolute atomic E-state index is 0.151.